The van der Waals surface area contributed by atoms with Crippen LogP contribution >= 0.6 is 0 Å². The molecule has 1 atom stereocenters. The van der Waals surface area contributed by atoms with Crippen molar-refractivity contribution in [2.24, 2.45) is 0 Å². The van der Waals surface area contributed by atoms with Crippen molar-refractivity contribution in [3.63, 3.8) is 0 Å². The molecule has 19 heavy (non-hydrogen) atoms. The highest BCUT2D eigenvalue weighted by Crippen LogP contribution is 2.14. The van der Waals surface area contributed by atoms with E-state index < -0.39 is 22.1 Å². The summed E-state index contributed by atoms with van der Waals surface area (Å²) in [6.07, 6.45) is 0.669. The molecule has 0 bridgehead atoms. The Kier molecular flexibility index (Phi) is 5.94. The fourth-order valence-corrected chi connectivity index (χ4v) is 2.47. The molecule has 0 amide bonds. The van der Waals surface area contributed by atoms with Gasteiger partial charge < -0.3 is 5.11 Å². The van der Waals surface area contributed by atoms with Gasteiger partial charge in [0.25, 0.3) is 10.2 Å². The van der Waals surface area contributed by atoms with Gasteiger partial charge in [-0.25, -0.2) is 9.44 Å². The van der Waals surface area contributed by atoms with E-state index in [0.29, 0.717) is 18.5 Å². The Morgan fingerprint density at radius 1 is 1.26 bits per heavy atom. The molecule has 0 aliphatic carbocycles. The van der Waals surface area contributed by atoms with Crippen LogP contribution in [0.4, 0.5) is 0 Å². The van der Waals surface area contributed by atoms with Crippen molar-refractivity contribution in [1.29, 1.82) is 0 Å². The van der Waals surface area contributed by atoms with Crippen molar-refractivity contribution in [2.75, 3.05) is 13.1 Å². The van der Waals surface area contributed by atoms with E-state index in [4.69, 9.17) is 5.11 Å². The first kappa shape index (κ1) is 15.6. The number of carboxylic acids is 1. The number of aliphatic carboxylic acids is 1. The lowest BCUT2D eigenvalue weighted by Crippen LogP contribution is -2.40. The van der Waals surface area contributed by atoms with Crippen LogP contribution in [0.5, 0.6) is 0 Å². The average Bonchev–Trinajstić information content (AvgIpc) is 2.37. The van der Waals surface area contributed by atoms with Crippen LogP contribution in [-0.2, 0) is 15.0 Å². The number of hydrogen-bond acceptors (Lipinski definition) is 3. The van der Waals surface area contributed by atoms with Gasteiger partial charge >= 0.3 is 5.97 Å². The first-order valence-corrected chi connectivity index (χ1v) is 7.46. The van der Waals surface area contributed by atoms with Crippen LogP contribution in [0.25, 0.3) is 0 Å². The van der Waals surface area contributed by atoms with Crippen molar-refractivity contribution >= 4 is 16.2 Å². The third-order valence-corrected chi connectivity index (χ3v) is 3.65. The molecular weight excluding hydrogens is 268 g/mol. The van der Waals surface area contributed by atoms with E-state index in [1.54, 1.807) is 30.3 Å². The zero-order chi connectivity index (χ0) is 14.3. The summed E-state index contributed by atoms with van der Waals surface area (Å²) in [5.74, 6) is -1.97. The van der Waals surface area contributed by atoms with Gasteiger partial charge in [0.15, 0.2) is 0 Å². The van der Waals surface area contributed by atoms with Crippen LogP contribution in [-0.4, -0.2) is 32.6 Å². The Morgan fingerprint density at radius 3 is 2.42 bits per heavy atom. The quantitative estimate of drug-likeness (QED) is 0.655. The van der Waals surface area contributed by atoms with Gasteiger partial charge in [0.2, 0.25) is 0 Å². The van der Waals surface area contributed by atoms with Gasteiger partial charge in [-0.2, -0.15) is 8.42 Å². The monoisotopic (exact) mass is 286 g/mol. The van der Waals surface area contributed by atoms with Gasteiger partial charge in [-0.1, -0.05) is 37.3 Å². The van der Waals surface area contributed by atoms with Gasteiger partial charge in [-0.05, 0) is 12.0 Å². The maximum absolute atomic E-state index is 11.5. The molecule has 0 radical (unpaired) electrons. The molecule has 0 spiro atoms. The third-order valence-electron chi connectivity index (χ3n) is 2.52. The summed E-state index contributed by atoms with van der Waals surface area (Å²) in [7, 11) is -3.64. The van der Waals surface area contributed by atoms with Crippen LogP contribution in [0, 0.1) is 0 Å². The Labute approximate surface area is 113 Å². The minimum absolute atomic E-state index is 0.182. The number of carbonyl (C=O) groups is 1. The van der Waals surface area contributed by atoms with E-state index in [-0.39, 0.29) is 6.54 Å². The predicted octanol–water partition coefficient (Wildman–Crippen LogP) is 0.689. The number of nitrogens with one attached hydrogen (secondary N) is 2. The van der Waals surface area contributed by atoms with Crippen LogP contribution in [0.2, 0.25) is 0 Å². The van der Waals surface area contributed by atoms with Crippen LogP contribution < -0.4 is 9.44 Å². The number of benzene rings is 1. The molecule has 0 saturated carbocycles. The molecule has 106 valence electrons. The first-order valence-electron chi connectivity index (χ1n) is 5.98. The largest absolute Gasteiger partial charge is 0.481 e. The molecule has 1 aromatic rings. The molecule has 1 aromatic carbocycles. The highest BCUT2D eigenvalue weighted by atomic mass is 32.2. The van der Waals surface area contributed by atoms with Crippen LogP contribution in [0.3, 0.4) is 0 Å². The van der Waals surface area contributed by atoms with Crippen molar-refractivity contribution in [3.8, 4) is 0 Å². The predicted molar refractivity (Wildman–Crippen MR) is 72.0 cm³/mol. The van der Waals surface area contributed by atoms with Crippen molar-refractivity contribution in [1.82, 2.24) is 9.44 Å². The first-order chi connectivity index (χ1) is 8.96. The lowest BCUT2D eigenvalue weighted by atomic mass is 10.00. The molecule has 0 fully saturated rings. The summed E-state index contributed by atoms with van der Waals surface area (Å²) >= 11 is 0. The van der Waals surface area contributed by atoms with Crippen molar-refractivity contribution < 1.29 is 18.3 Å². The van der Waals surface area contributed by atoms with Gasteiger partial charge in [0.05, 0.1) is 5.92 Å². The zero-order valence-electron chi connectivity index (χ0n) is 10.7. The smallest absolute Gasteiger partial charge is 0.312 e. The lowest BCUT2D eigenvalue weighted by molar-refractivity contribution is -0.138. The highest BCUT2D eigenvalue weighted by Gasteiger charge is 2.21. The fourth-order valence-electron chi connectivity index (χ4n) is 1.51. The second-order valence-electron chi connectivity index (χ2n) is 4.05. The van der Waals surface area contributed by atoms with Crippen LogP contribution in [0.15, 0.2) is 30.3 Å². The number of hydrogen-bond donors (Lipinski definition) is 3. The molecule has 7 heteroatoms. The van der Waals surface area contributed by atoms with Gasteiger partial charge in [-0.15, -0.1) is 0 Å². The van der Waals surface area contributed by atoms with E-state index in [1.165, 1.54) is 0 Å². The normalized spacial score (nSPS) is 13.1. The van der Waals surface area contributed by atoms with E-state index in [2.05, 4.69) is 9.44 Å². The minimum Gasteiger partial charge on any atom is -0.481 e. The Hall–Kier alpha value is -1.44. The maximum Gasteiger partial charge on any atom is 0.312 e. The standard InChI is InChI=1S/C12H18N2O4S/c1-2-8-13-19(17,18)14-9-11(12(15)16)10-6-4-3-5-7-10/h3-7,11,13-14H,2,8-9H2,1H3,(H,15,16). The zero-order valence-corrected chi connectivity index (χ0v) is 11.5. The second-order valence-corrected chi connectivity index (χ2v) is 5.63. The Bertz CT molecular complexity index is 502. The third kappa shape index (κ3) is 5.37. The van der Waals surface area contributed by atoms with Gasteiger partial charge in [-0.3, -0.25) is 4.79 Å². The Morgan fingerprint density at radius 2 is 1.89 bits per heavy atom. The van der Waals surface area contributed by atoms with Gasteiger partial charge in [0, 0.05) is 13.1 Å². The fraction of sp³-hybridized carbons (Fsp3) is 0.417. The Balaban J connectivity index is 2.69. The molecule has 1 unspecified atom stereocenters. The molecule has 0 aliphatic rings. The van der Waals surface area contributed by atoms with Crippen molar-refractivity contribution in [3.05, 3.63) is 35.9 Å². The van der Waals surface area contributed by atoms with E-state index in [9.17, 15) is 13.2 Å². The lowest BCUT2D eigenvalue weighted by Gasteiger charge is -2.14. The van der Waals surface area contributed by atoms with Crippen molar-refractivity contribution in [2.45, 2.75) is 19.3 Å². The molecule has 0 saturated heterocycles. The molecule has 3 N–H and O–H groups in total. The van der Waals surface area contributed by atoms with E-state index in [1.807, 2.05) is 6.92 Å². The molecule has 0 aromatic heterocycles. The molecule has 6 nitrogen and oxygen atoms in total. The SMILES string of the molecule is CCCNS(=O)(=O)NCC(C(=O)O)c1ccccc1. The number of rotatable bonds is 8. The van der Waals surface area contributed by atoms with E-state index >= 15 is 0 Å². The second kappa shape index (κ2) is 7.22. The topological polar surface area (TPSA) is 95.5 Å². The summed E-state index contributed by atoms with van der Waals surface area (Å²) in [5.41, 5.74) is 0.563. The molecule has 0 heterocycles. The average molecular weight is 286 g/mol. The molecule has 1 rings (SSSR count). The molecule has 0 aliphatic heterocycles. The summed E-state index contributed by atoms with van der Waals surface area (Å²) in [6.45, 7) is 1.98. The van der Waals surface area contributed by atoms with E-state index in [0.717, 1.165) is 0 Å². The molecular formula is C12H18N2O4S. The minimum atomic E-state index is -3.64. The highest BCUT2D eigenvalue weighted by molar-refractivity contribution is 7.87. The maximum atomic E-state index is 11.5. The summed E-state index contributed by atoms with van der Waals surface area (Å²) in [4.78, 5) is 11.2. The van der Waals surface area contributed by atoms with Crippen LogP contribution in [0.1, 0.15) is 24.8 Å². The number of carboxylic acid groups (broad SMARTS) is 1. The summed E-state index contributed by atoms with van der Waals surface area (Å²) in [5, 5.41) is 9.14. The summed E-state index contributed by atoms with van der Waals surface area (Å²) < 4.78 is 27.6. The van der Waals surface area contributed by atoms with Gasteiger partial charge in [0.1, 0.15) is 0 Å². The summed E-state index contributed by atoms with van der Waals surface area (Å²) in [6, 6.07) is 8.53.